The highest BCUT2D eigenvalue weighted by Crippen LogP contribution is 2.37. The number of epoxide rings is 1. The second kappa shape index (κ2) is 12.0. The van der Waals surface area contributed by atoms with Crippen molar-refractivity contribution in [2.45, 2.75) is 122 Å². The Hall–Kier alpha value is 0.0506. The third kappa shape index (κ3) is 14.0. The van der Waals surface area contributed by atoms with E-state index < -0.39 is 24.7 Å². The third-order valence-corrected chi connectivity index (χ3v) is 16.3. The van der Waals surface area contributed by atoms with E-state index in [0.717, 1.165) is 19.6 Å². The smallest absolute Gasteiger partial charge is 0.192 e. The van der Waals surface area contributed by atoms with E-state index in [1.165, 1.54) is 0 Å². The molecular weight excluding hydrogens is 437 g/mol. The molecule has 0 aromatic heterocycles. The molecule has 1 aliphatic rings. The Balaban J connectivity index is 0.000000639. The minimum absolute atomic E-state index is 0.199. The summed E-state index contributed by atoms with van der Waals surface area (Å²) < 4.78 is 17.0. The van der Waals surface area contributed by atoms with Gasteiger partial charge >= 0.3 is 0 Å². The normalized spacial score (nSPS) is 18.5. The lowest BCUT2D eigenvalue weighted by Gasteiger charge is -2.36. The Morgan fingerprint density at radius 3 is 1.74 bits per heavy atom. The molecule has 1 saturated heterocycles. The van der Waals surface area contributed by atoms with Crippen LogP contribution >= 0.6 is 0 Å². The van der Waals surface area contributed by atoms with Crippen LogP contribution in [0.25, 0.3) is 0 Å². The predicted octanol–water partition coefficient (Wildman–Crippen LogP) is 6.44. The van der Waals surface area contributed by atoms with E-state index in [1.54, 1.807) is 0 Å². The monoisotopic (exact) mass is 488 g/mol. The third-order valence-electron chi connectivity index (χ3n) is 6.35. The first kappa shape index (κ1) is 31.1. The van der Waals surface area contributed by atoms with Crippen LogP contribution < -0.4 is 0 Å². The Morgan fingerprint density at radius 2 is 1.35 bits per heavy atom. The molecule has 7 heteroatoms. The standard InChI is InChI=1S/C15H32O2Si2.C9H20O2Si/c1-15(2,3)19(7,8)17-13-14(16)11-9-10-12-18(4,5)6;1-9(2,3)12(4,5)11-7-8-6-10-8/h14,16H,9,11,13H2,1-8H3;8H,6-7H2,1-5H3/t14-;8-/m11/s1. The van der Waals surface area contributed by atoms with Crippen LogP contribution in [0.5, 0.6) is 0 Å². The summed E-state index contributed by atoms with van der Waals surface area (Å²) in [6, 6.07) is 0. The Labute approximate surface area is 197 Å². The van der Waals surface area contributed by atoms with Gasteiger partial charge in [0.15, 0.2) is 16.6 Å². The van der Waals surface area contributed by atoms with Crippen LogP contribution in [0.4, 0.5) is 0 Å². The van der Waals surface area contributed by atoms with Crippen molar-refractivity contribution in [1.82, 2.24) is 0 Å². The number of ether oxygens (including phenoxy) is 1. The van der Waals surface area contributed by atoms with Gasteiger partial charge in [0, 0.05) is 6.42 Å². The lowest BCUT2D eigenvalue weighted by Crippen LogP contribution is -2.42. The second-order valence-corrected chi connectivity index (χ2v) is 27.2. The molecule has 184 valence electrons. The second-order valence-electron chi connectivity index (χ2n) is 12.8. The molecule has 0 radical (unpaired) electrons. The molecule has 0 aromatic carbocycles. The summed E-state index contributed by atoms with van der Waals surface area (Å²) in [5.74, 6) is 3.19. The van der Waals surface area contributed by atoms with Crippen molar-refractivity contribution < 1.29 is 18.7 Å². The molecule has 1 heterocycles. The zero-order valence-corrected chi connectivity index (χ0v) is 25.9. The lowest BCUT2D eigenvalue weighted by molar-refractivity contribution is 0.0941. The molecule has 0 aromatic rings. The van der Waals surface area contributed by atoms with Crippen molar-refractivity contribution in [1.29, 1.82) is 0 Å². The first-order chi connectivity index (χ1) is 13.7. The average molecular weight is 489 g/mol. The van der Waals surface area contributed by atoms with Crippen LogP contribution in [-0.4, -0.2) is 61.8 Å². The van der Waals surface area contributed by atoms with Crippen molar-refractivity contribution >= 4 is 24.7 Å². The molecular formula is C24H52O4Si3. The molecule has 0 spiro atoms. The summed E-state index contributed by atoms with van der Waals surface area (Å²) in [5, 5.41) is 10.5. The van der Waals surface area contributed by atoms with E-state index in [1.807, 2.05) is 0 Å². The molecule has 4 nitrogen and oxygen atoms in total. The van der Waals surface area contributed by atoms with Gasteiger partial charge in [-0.2, -0.15) is 0 Å². The average Bonchev–Trinajstić information content (AvgIpc) is 3.37. The minimum Gasteiger partial charge on any atom is -0.414 e. The predicted molar refractivity (Wildman–Crippen MR) is 142 cm³/mol. The highest BCUT2D eigenvalue weighted by molar-refractivity contribution is 6.83. The van der Waals surface area contributed by atoms with E-state index in [9.17, 15) is 5.11 Å². The fraction of sp³-hybridized carbons (Fsp3) is 0.917. The van der Waals surface area contributed by atoms with Crippen LogP contribution in [0.15, 0.2) is 0 Å². The Morgan fingerprint density at radius 1 is 0.903 bits per heavy atom. The van der Waals surface area contributed by atoms with Crippen LogP contribution in [0.2, 0.25) is 55.9 Å². The maximum absolute atomic E-state index is 9.95. The van der Waals surface area contributed by atoms with E-state index in [-0.39, 0.29) is 11.1 Å². The van der Waals surface area contributed by atoms with Crippen LogP contribution in [0.3, 0.4) is 0 Å². The van der Waals surface area contributed by atoms with Crippen LogP contribution in [0.1, 0.15) is 54.4 Å². The van der Waals surface area contributed by atoms with E-state index in [0.29, 0.717) is 24.2 Å². The van der Waals surface area contributed by atoms with Gasteiger partial charge in [-0.05, 0) is 42.7 Å². The number of hydrogen-bond donors (Lipinski definition) is 1. The molecule has 0 saturated carbocycles. The molecule has 1 fully saturated rings. The molecule has 0 bridgehead atoms. The van der Waals surface area contributed by atoms with Crippen molar-refractivity contribution in [3.63, 3.8) is 0 Å². The van der Waals surface area contributed by atoms with Gasteiger partial charge in [-0.3, -0.25) is 0 Å². The summed E-state index contributed by atoms with van der Waals surface area (Å²) in [4.78, 5) is 0. The summed E-state index contributed by atoms with van der Waals surface area (Å²) >= 11 is 0. The zero-order chi connectivity index (χ0) is 24.7. The summed E-state index contributed by atoms with van der Waals surface area (Å²) in [6.45, 7) is 31.2. The van der Waals surface area contributed by atoms with Gasteiger partial charge in [-0.1, -0.05) is 61.2 Å². The van der Waals surface area contributed by atoms with Gasteiger partial charge < -0.3 is 18.7 Å². The maximum atomic E-state index is 9.95. The Bertz CT molecular complexity index is 583. The van der Waals surface area contributed by atoms with E-state index in [2.05, 4.69) is 98.8 Å². The maximum Gasteiger partial charge on any atom is 0.192 e. The molecule has 2 atom stereocenters. The molecule has 0 unspecified atom stereocenters. The molecule has 1 rings (SSSR count). The number of aliphatic hydroxyl groups is 1. The number of hydrogen-bond acceptors (Lipinski definition) is 4. The molecule has 1 aliphatic heterocycles. The van der Waals surface area contributed by atoms with Gasteiger partial charge in [-0.15, -0.1) is 11.5 Å². The summed E-state index contributed by atoms with van der Waals surface area (Å²) in [7, 11) is -4.51. The lowest BCUT2D eigenvalue weighted by atomic mass is 10.2. The quantitative estimate of drug-likeness (QED) is 0.243. The van der Waals surface area contributed by atoms with Gasteiger partial charge in [0.2, 0.25) is 0 Å². The highest BCUT2D eigenvalue weighted by Gasteiger charge is 2.39. The van der Waals surface area contributed by atoms with Crippen LogP contribution in [-0.2, 0) is 13.6 Å². The number of aliphatic hydroxyl groups excluding tert-OH is 1. The van der Waals surface area contributed by atoms with Gasteiger partial charge in [0.1, 0.15) is 14.2 Å². The van der Waals surface area contributed by atoms with Gasteiger partial charge in [0.25, 0.3) is 0 Å². The molecule has 0 amide bonds. The zero-order valence-electron chi connectivity index (χ0n) is 22.9. The van der Waals surface area contributed by atoms with Gasteiger partial charge in [-0.25, -0.2) is 0 Å². The first-order valence-corrected chi connectivity index (χ1v) is 21.1. The topological polar surface area (TPSA) is 51.2 Å². The van der Waals surface area contributed by atoms with Crippen molar-refractivity contribution in [2.75, 3.05) is 19.8 Å². The summed E-state index contributed by atoms with van der Waals surface area (Å²) in [5.41, 5.74) is 3.32. The van der Waals surface area contributed by atoms with E-state index >= 15 is 0 Å². The molecule has 0 aliphatic carbocycles. The molecule has 31 heavy (non-hydrogen) atoms. The molecule has 1 N–H and O–H groups in total. The van der Waals surface area contributed by atoms with Crippen LogP contribution in [0, 0.1) is 11.5 Å². The Kier molecular flexibility index (Phi) is 12.0. The summed E-state index contributed by atoms with van der Waals surface area (Å²) in [6.07, 6.45) is 1.50. The van der Waals surface area contributed by atoms with Crippen molar-refractivity contribution in [3.05, 3.63) is 0 Å². The number of rotatable bonds is 8. The SMILES string of the molecule is CC(C)(C)[Si](C)(C)OC[C@H](O)CCC#C[Si](C)(C)C.CC(C)(C)[Si](C)(C)OC[C@H]1CO1. The minimum atomic E-state index is -1.73. The fourth-order valence-corrected chi connectivity index (χ4v) is 4.59. The van der Waals surface area contributed by atoms with Crippen molar-refractivity contribution in [2.24, 2.45) is 0 Å². The first-order valence-electron chi connectivity index (χ1n) is 11.8. The van der Waals surface area contributed by atoms with Crippen molar-refractivity contribution in [3.8, 4) is 11.5 Å². The fourth-order valence-electron chi connectivity index (χ4n) is 1.85. The van der Waals surface area contributed by atoms with Gasteiger partial charge in [0.05, 0.1) is 25.9 Å². The highest BCUT2D eigenvalue weighted by atomic mass is 28.4. The van der Waals surface area contributed by atoms with E-state index in [4.69, 9.17) is 13.6 Å². The largest absolute Gasteiger partial charge is 0.414 e.